The molecule has 0 aliphatic carbocycles. The summed E-state index contributed by atoms with van der Waals surface area (Å²) < 4.78 is 6.82. The van der Waals surface area contributed by atoms with Crippen LogP contribution in [0, 0.1) is 0 Å². The van der Waals surface area contributed by atoms with E-state index in [-0.39, 0.29) is 12.4 Å². The molecule has 0 aliphatic heterocycles. The van der Waals surface area contributed by atoms with Crippen molar-refractivity contribution in [3.05, 3.63) is 24.3 Å². The van der Waals surface area contributed by atoms with E-state index in [4.69, 9.17) is 4.74 Å². The summed E-state index contributed by atoms with van der Waals surface area (Å²) in [6.45, 7) is 3.12. The lowest BCUT2D eigenvalue weighted by Gasteiger charge is -2.25. The Kier molecular flexibility index (Phi) is 13.1. The van der Waals surface area contributed by atoms with Gasteiger partial charge >= 0.3 is 0 Å². The average Bonchev–Trinajstić information content (AvgIpc) is 2.52. The quantitative estimate of drug-likeness (QED) is 0.390. The van der Waals surface area contributed by atoms with E-state index in [1.165, 1.54) is 69.9 Å². The summed E-state index contributed by atoms with van der Waals surface area (Å²) in [5.74, 6) is 1.04. The second-order valence-electron chi connectivity index (χ2n) is 7.51. The van der Waals surface area contributed by atoms with Crippen LogP contribution in [0.2, 0.25) is 0 Å². The van der Waals surface area contributed by atoms with Crippen molar-refractivity contribution in [2.45, 2.75) is 71.1 Å². The third kappa shape index (κ3) is 10.2. The number of ether oxygens (including phenoxy) is 1. The molecule has 0 saturated heterocycles. The SMILES string of the molecule is CCCCCCCCCCCCOc1ccccc1[N+](C)(C)C.[Cl-]. The van der Waals surface area contributed by atoms with Crippen LogP contribution in [0.5, 0.6) is 5.75 Å². The Labute approximate surface area is 156 Å². The first kappa shape index (κ1) is 23.3. The summed E-state index contributed by atoms with van der Waals surface area (Å²) in [5, 5.41) is 0. The first-order valence-electron chi connectivity index (χ1n) is 9.59. The molecule has 1 rings (SSSR count). The van der Waals surface area contributed by atoms with Gasteiger partial charge in [-0.15, -0.1) is 0 Å². The summed E-state index contributed by atoms with van der Waals surface area (Å²) >= 11 is 0. The number of para-hydroxylation sites is 2. The van der Waals surface area contributed by atoms with E-state index in [1.54, 1.807) is 0 Å². The Balaban J connectivity index is 0.00000529. The van der Waals surface area contributed by atoms with Crippen molar-refractivity contribution >= 4 is 5.69 Å². The Bertz CT molecular complexity index is 415. The molecule has 1 aromatic carbocycles. The minimum absolute atomic E-state index is 0. The first-order chi connectivity index (χ1) is 11.1. The predicted octanol–water partition coefficient (Wildman–Crippen LogP) is 3.19. The summed E-state index contributed by atoms with van der Waals surface area (Å²) in [6, 6.07) is 8.41. The highest BCUT2D eigenvalue weighted by molar-refractivity contribution is 5.54. The topological polar surface area (TPSA) is 9.23 Å². The predicted molar refractivity (Wildman–Crippen MR) is 103 cm³/mol. The lowest BCUT2D eigenvalue weighted by molar-refractivity contribution is -0.00000576. The van der Waals surface area contributed by atoms with E-state index in [1.807, 2.05) is 0 Å². The minimum Gasteiger partial charge on any atom is -1.00 e. The number of halogens is 1. The van der Waals surface area contributed by atoms with Gasteiger partial charge in [-0.05, 0) is 12.5 Å². The van der Waals surface area contributed by atoms with Gasteiger partial charge in [-0.25, -0.2) is 0 Å². The number of benzene rings is 1. The molecule has 0 N–H and O–H groups in total. The molecule has 0 bridgehead atoms. The van der Waals surface area contributed by atoms with Gasteiger partial charge in [0.1, 0.15) is 0 Å². The molecule has 0 aromatic heterocycles. The molecule has 24 heavy (non-hydrogen) atoms. The standard InChI is InChI=1S/C21H38NO.ClH/c1-5-6-7-8-9-10-11-12-13-16-19-23-21-18-15-14-17-20(21)22(2,3)4;/h14-15,17-18H,5-13,16,19H2,1-4H3;1H/q+1;/p-1. The van der Waals surface area contributed by atoms with Crippen molar-refractivity contribution in [2.75, 3.05) is 27.7 Å². The van der Waals surface area contributed by atoms with Gasteiger partial charge in [-0.1, -0.05) is 76.8 Å². The molecule has 0 amide bonds. The van der Waals surface area contributed by atoms with Crippen LogP contribution >= 0.6 is 0 Å². The third-order valence-electron chi connectivity index (χ3n) is 4.34. The number of hydrogen-bond donors (Lipinski definition) is 0. The highest BCUT2D eigenvalue weighted by atomic mass is 35.5. The number of hydrogen-bond acceptors (Lipinski definition) is 1. The summed E-state index contributed by atoms with van der Waals surface area (Å²) in [5.41, 5.74) is 1.25. The first-order valence-corrected chi connectivity index (χ1v) is 9.59. The van der Waals surface area contributed by atoms with E-state index in [0.29, 0.717) is 0 Å². The van der Waals surface area contributed by atoms with Gasteiger partial charge in [-0.2, -0.15) is 0 Å². The zero-order valence-electron chi connectivity index (χ0n) is 16.3. The van der Waals surface area contributed by atoms with Gasteiger partial charge in [0.2, 0.25) is 0 Å². The fourth-order valence-electron chi connectivity index (χ4n) is 2.91. The fraction of sp³-hybridized carbons (Fsp3) is 0.714. The van der Waals surface area contributed by atoms with Gasteiger partial charge in [0.15, 0.2) is 11.4 Å². The molecule has 0 fully saturated rings. The number of rotatable bonds is 13. The van der Waals surface area contributed by atoms with E-state index in [9.17, 15) is 0 Å². The van der Waals surface area contributed by atoms with Crippen molar-refractivity contribution in [1.82, 2.24) is 4.48 Å². The van der Waals surface area contributed by atoms with Crippen LogP contribution in [-0.4, -0.2) is 27.7 Å². The Hall–Kier alpha value is -0.730. The zero-order chi connectivity index (χ0) is 17.0. The Morgan fingerprint density at radius 2 is 1.25 bits per heavy atom. The average molecular weight is 356 g/mol. The maximum absolute atomic E-state index is 6.02. The fourth-order valence-corrected chi connectivity index (χ4v) is 2.91. The van der Waals surface area contributed by atoms with E-state index >= 15 is 0 Å². The molecule has 3 heteroatoms. The number of nitrogens with zero attached hydrogens (tertiary/aromatic N) is 1. The highest BCUT2D eigenvalue weighted by Crippen LogP contribution is 2.29. The molecule has 0 saturated carbocycles. The minimum atomic E-state index is 0. The zero-order valence-corrected chi connectivity index (χ0v) is 17.1. The van der Waals surface area contributed by atoms with Crippen LogP contribution in [-0.2, 0) is 0 Å². The van der Waals surface area contributed by atoms with Gasteiger partial charge < -0.3 is 17.1 Å². The molecule has 0 radical (unpaired) electrons. The van der Waals surface area contributed by atoms with E-state index in [2.05, 4.69) is 52.3 Å². The Morgan fingerprint density at radius 3 is 1.79 bits per heavy atom. The van der Waals surface area contributed by atoms with Crippen LogP contribution in [0.4, 0.5) is 5.69 Å². The van der Waals surface area contributed by atoms with Crippen molar-refractivity contribution in [1.29, 1.82) is 0 Å². The maximum Gasteiger partial charge on any atom is 0.179 e. The van der Waals surface area contributed by atoms with Crippen molar-refractivity contribution in [3.8, 4) is 5.75 Å². The molecular weight excluding hydrogens is 318 g/mol. The molecule has 0 atom stereocenters. The van der Waals surface area contributed by atoms with Crippen LogP contribution < -0.4 is 21.6 Å². The summed E-state index contributed by atoms with van der Waals surface area (Å²) in [4.78, 5) is 0. The van der Waals surface area contributed by atoms with Gasteiger partial charge in [0.05, 0.1) is 27.7 Å². The molecule has 0 spiro atoms. The largest absolute Gasteiger partial charge is 1.00 e. The lowest BCUT2D eigenvalue weighted by Crippen LogP contribution is -3.00. The molecule has 0 heterocycles. The molecular formula is C21H38ClNO. The van der Waals surface area contributed by atoms with E-state index in [0.717, 1.165) is 16.8 Å². The maximum atomic E-state index is 6.02. The van der Waals surface area contributed by atoms with Crippen molar-refractivity contribution < 1.29 is 17.1 Å². The summed E-state index contributed by atoms with van der Waals surface area (Å²) in [6.07, 6.45) is 13.7. The van der Waals surface area contributed by atoms with Gasteiger partial charge in [0, 0.05) is 6.07 Å². The number of unbranched alkanes of at least 4 members (excludes halogenated alkanes) is 9. The monoisotopic (exact) mass is 355 g/mol. The van der Waals surface area contributed by atoms with Gasteiger partial charge in [0.25, 0.3) is 0 Å². The van der Waals surface area contributed by atoms with Crippen LogP contribution in [0.3, 0.4) is 0 Å². The second kappa shape index (κ2) is 13.5. The Morgan fingerprint density at radius 1 is 0.750 bits per heavy atom. The van der Waals surface area contributed by atoms with Crippen LogP contribution in [0.1, 0.15) is 71.1 Å². The van der Waals surface area contributed by atoms with Crippen molar-refractivity contribution in [3.63, 3.8) is 0 Å². The molecule has 140 valence electrons. The van der Waals surface area contributed by atoms with Gasteiger partial charge in [-0.3, -0.25) is 4.48 Å². The molecule has 2 nitrogen and oxygen atoms in total. The van der Waals surface area contributed by atoms with Crippen LogP contribution in [0.15, 0.2) is 24.3 Å². The molecule has 0 unspecified atom stereocenters. The molecule has 1 aromatic rings. The van der Waals surface area contributed by atoms with E-state index < -0.39 is 0 Å². The molecule has 0 aliphatic rings. The third-order valence-corrected chi connectivity index (χ3v) is 4.34. The lowest BCUT2D eigenvalue weighted by atomic mass is 10.1. The summed E-state index contributed by atoms with van der Waals surface area (Å²) in [7, 11) is 6.55. The van der Waals surface area contributed by atoms with Crippen molar-refractivity contribution in [2.24, 2.45) is 0 Å². The smallest absolute Gasteiger partial charge is 0.179 e. The highest BCUT2D eigenvalue weighted by Gasteiger charge is 2.17. The van der Waals surface area contributed by atoms with Crippen LogP contribution in [0.25, 0.3) is 0 Å². The normalized spacial score (nSPS) is 11.2. The number of quaternary nitrogens is 1. The second-order valence-corrected chi connectivity index (χ2v) is 7.51.